The Morgan fingerprint density at radius 1 is 1.19 bits per heavy atom. The summed E-state index contributed by atoms with van der Waals surface area (Å²) in [6, 6.07) is 13.2. The number of carbonyl (C=O) groups excluding carboxylic acids is 2. The van der Waals surface area contributed by atoms with E-state index in [-0.39, 0.29) is 6.61 Å². The van der Waals surface area contributed by atoms with E-state index in [0.29, 0.717) is 10.7 Å². The first-order valence-electron chi connectivity index (χ1n) is 8.18. The molecular formula is C20H17BrN2O3S. The van der Waals surface area contributed by atoms with Crippen LogP contribution >= 0.6 is 27.3 Å². The van der Waals surface area contributed by atoms with Gasteiger partial charge in [-0.3, -0.25) is 10.1 Å². The summed E-state index contributed by atoms with van der Waals surface area (Å²) in [5.41, 5.74) is 4.05. The van der Waals surface area contributed by atoms with Crippen molar-refractivity contribution in [3.8, 4) is 11.3 Å². The van der Waals surface area contributed by atoms with Gasteiger partial charge in [0.25, 0.3) is 5.91 Å². The molecule has 0 saturated carbocycles. The van der Waals surface area contributed by atoms with Crippen molar-refractivity contribution in [3.63, 3.8) is 0 Å². The van der Waals surface area contributed by atoms with Crippen LogP contribution in [0.1, 0.15) is 21.5 Å². The molecule has 3 rings (SSSR count). The highest BCUT2D eigenvalue weighted by atomic mass is 79.9. The average molecular weight is 445 g/mol. The molecule has 1 heterocycles. The Balaban J connectivity index is 1.57. The van der Waals surface area contributed by atoms with Crippen LogP contribution in [0.15, 0.2) is 52.3 Å². The number of aryl methyl sites for hydroxylation is 2. The Hall–Kier alpha value is -2.51. The van der Waals surface area contributed by atoms with Crippen molar-refractivity contribution >= 4 is 44.3 Å². The van der Waals surface area contributed by atoms with Crippen molar-refractivity contribution < 1.29 is 14.3 Å². The number of nitrogens with one attached hydrogen (secondary N) is 1. The fourth-order valence-electron chi connectivity index (χ4n) is 2.52. The lowest BCUT2D eigenvalue weighted by Crippen LogP contribution is -2.21. The second-order valence-corrected chi connectivity index (χ2v) is 7.76. The number of rotatable bonds is 5. The zero-order chi connectivity index (χ0) is 19.4. The van der Waals surface area contributed by atoms with E-state index >= 15 is 0 Å². The maximum Gasteiger partial charge on any atom is 0.338 e. The number of halogens is 1. The van der Waals surface area contributed by atoms with Gasteiger partial charge in [0.2, 0.25) is 0 Å². The largest absolute Gasteiger partial charge is 0.452 e. The molecule has 138 valence electrons. The van der Waals surface area contributed by atoms with E-state index < -0.39 is 11.9 Å². The van der Waals surface area contributed by atoms with Crippen LogP contribution in [0.2, 0.25) is 0 Å². The number of hydrogen-bond donors (Lipinski definition) is 1. The molecule has 0 fully saturated rings. The SMILES string of the molecule is Cc1ccc(C(=O)OCC(=O)Nc2nc(-c3cccc(Br)c3)cs2)c(C)c1. The van der Waals surface area contributed by atoms with Crippen molar-refractivity contribution in [2.75, 3.05) is 11.9 Å². The van der Waals surface area contributed by atoms with Crippen LogP contribution in [0.5, 0.6) is 0 Å². The van der Waals surface area contributed by atoms with Gasteiger partial charge in [-0.2, -0.15) is 0 Å². The van der Waals surface area contributed by atoms with Crippen LogP contribution in [-0.2, 0) is 9.53 Å². The third-order valence-corrected chi connectivity index (χ3v) is 5.06. The molecule has 3 aromatic rings. The third kappa shape index (κ3) is 5.02. The molecule has 5 nitrogen and oxygen atoms in total. The van der Waals surface area contributed by atoms with Gasteiger partial charge < -0.3 is 4.74 Å². The van der Waals surface area contributed by atoms with Gasteiger partial charge in [0.15, 0.2) is 11.7 Å². The van der Waals surface area contributed by atoms with Crippen molar-refractivity contribution in [2.45, 2.75) is 13.8 Å². The number of amides is 1. The number of hydrogen-bond acceptors (Lipinski definition) is 5. The van der Waals surface area contributed by atoms with E-state index in [1.807, 2.05) is 55.6 Å². The van der Waals surface area contributed by atoms with Crippen LogP contribution in [0.4, 0.5) is 5.13 Å². The molecule has 7 heteroatoms. The summed E-state index contributed by atoms with van der Waals surface area (Å²) in [4.78, 5) is 28.6. The highest BCUT2D eigenvalue weighted by Crippen LogP contribution is 2.26. The third-order valence-electron chi connectivity index (χ3n) is 3.81. The Bertz CT molecular complexity index is 1000. The first-order valence-corrected chi connectivity index (χ1v) is 9.85. The first kappa shape index (κ1) is 19.3. The summed E-state index contributed by atoms with van der Waals surface area (Å²) in [7, 11) is 0. The van der Waals surface area contributed by atoms with Gasteiger partial charge in [-0.15, -0.1) is 11.3 Å². The predicted molar refractivity (Wildman–Crippen MR) is 110 cm³/mol. The van der Waals surface area contributed by atoms with Crippen molar-refractivity contribution in [1.29, 1.82) is 0 Å². The molecule has 1 aromatic heterocycles. The lowest BCUT2D eigenvalue weighted by atomic mass is 10.1. The molecule has 1 amide bonds. The van der Waals surface area contributed by atoms with Crippen molar-refractivity contribution in [3.05, 3.63) is 69.0 Å². The van der Waals surface area contributed by atoms with Gasteiger partial charge in [0.1, 0.15) is 0 Å². The number of carbonyl (C=O) groups is 2. The van der Waals surface area contributed by atoms with E-state index in [1.54, 1.807) is 6.07 Å². The molecule has 0 saturated heterocycles. The summed E-state index contributed by atoms with van der Waals surface area (Å²) >= 11 is 4.74. The van der Waals surface area contributed by atoms with Crippen LogP contribution < -0.4 is 5.32 Å². The van der Waals surface area contributed by atoms with Crippen LogP contribution in [0.3, 0.4) is 0 Å². The van der Waals surface area contributed by atoms with Gasteiger partial charge in [0.05, 0.1) is 11.3 Å². The van der Waals surface area contributed by atoms with Gasteiger partial charge >= 0.3 is 5.97 Å². The van der Waals surface area contributed by atoms with Crippen LogP contribution in [0, 0.1) is 13.8 Å². The van der Waals surface area contributed by atoms with Crippen molar-refractivity contribution in [2.24, 2.45) is 0 Å². The normalized spacial score (nSPS) is 10.5. The van der Waals surface area contributed by atoms with Gasteiger partial charge in [-0.05, 0) is 37.6 Å². The highest BCUT2D eigenvalue weighted by Gasteiger charge is 2.14. The molecular weight excluding hydrogens is 428 g/mol. The summed E-state index contributed by atoms with van der Waals surface area (Å²) in [6.45, 7) is 3.42. The molecule has 0 aliphatic carbocycles. The molecule has 0 radical (unpaired) electrons. The Kier molecular flexibility index (Phi) is 6.03. The van der Waals surface area contributed by atoms with E-state index in [0.717, 1.165) is 26.9 Å². The topological polar surface area (TPSA) is 68.3 Å². The van der Waals surface area contributed by atoms with E-state index in [2.05, 4.69) is 26.2 Å². The minimum atomic E-state index is -0.517. The fourth-order valence-corrected chi connectivity index (χ4v) is 3.65. The quantitative estimate of drug-likeness (QED) is 0.563. The number of benzene rings is 2. The average Bonchev–Trinajstić information content (AvgIpc) is 3.08. The first-order chi connectivity index (χ1) is 12.9. The molecule has 0 unspecified atom stereocenters. The highest BCUT2D eigenvalue weighted by molar-refractivity contribution is 9.10. The van der Waals surface area contributed by atoms with Gasteiger partial charge in [-0.25, -0.2) is 9.78 Å². The smallest absolute Gasteiger partial charge is 0.338 e. The minimum Gasteiger partial charge on any atom is -0.452 e. The number of nitrogens with zero attached hydrogens (tertiary/aromatic N) is 1. The molecule has 0 atom stereocenters. The van der Waals surface area contributed by atoms with Crippen LogP contribution in [0.25, 0.3) is 11.3 Å². The number of aromatic nitrogens is 1. The maximum absolute atomic E-state index is 12.1. The standard InChI is InChI=1S/C20H17BrN2O3S/c1-12-6-7-16(13(2)8-12)19(25)26-10-18(24)23-20-22-17(11-27-20)14-4-3-5-15(21)9-14/h3-9,11H,10H2,1-2H3,(H,22,23,24). The Morgan fingerprint density at radius 2 is 2.00 bits per heavy atom. The summed E-state index contributed by atoms with van der Waals surface area (Å²) in [6.07, 6.45) is 0. The van der Waals surface area contributed by atoms with Crippen LogP contribution in [-0.4, -0.2) is 23.5 Å². The van der Waals surface area contributed by atoms with Gasteiger partial charge in [-0.1, -0.05) is 45.8 Å². The molecule has 0 aliphatic heterocycles. The Labute approximate surface area is 169 Å². The summed E-state index contributed by atoms with van der Waals surface area (Å²) in [5.74, 6) is -0.945. The van der Waals surface area contributed by atoms with E-state index in [1.165, 1.54) is 11.3 Å². The summed E-state index contributed by atoms with van der Waals surface area (Å²) in [5, 5.41) is 4.97. The Morgan fingerprint density at radius 3 is 2.74 bits per heavy atom. The van der Waals surface area contributed by atoms with Crippen molar-refractivity contribution in [1.82, 2.24) is 4.98 Å². The zero-order valence-electron chi connectivity index (χ0n) is 14.8. The van der Waals surface area contributed by atoms with E-state index in [4.69, 9.17) is 4.74 Å². The molecule has 0 bridgehead atoms. The molecule has 27 heavy (non-hydrogen) atoms. The maximum atomic E-state index is 12.1. The number of ether oxygens (including phenoxy) is 1. The summed E-state index contributed by atoms with van der Waals surface area (Å²) < 4.78 is 6.07. The molecule has 1 N–H and O–H groups in total. The number of anilines is 1. The second-order valence-electron chi connectivity index (χ2n) is 5.99. The molecule has 0 spiro atoms. The fraction of sp³-hybridized carbons (Fsp3) is 0.150. The lowest BCUT2D eigenvalue weighted by Gasteiger charge is -2.07. The molecule has 0 aliphatic rings. The number of thiazole rings is 1. The molecule has 2 aromatic carbocycles. The monoisotopic (exact) mass is 444 g/mol. The second kappa shape index (κ2) is 8.45. The minimum absolute atomic E-state index is 0.363. The number of esters is 1. The lowest BCUT2D eigenvalue weighted by molar-refractivity contribution is -0.119. The van der Waals surface area contributed by atoms with E-state index in [9.17, 15) is 9.59 Å². The zero-order valence-corrected chi connectivity index (χ0v) is 17.2. The predicted octanol–water partition coefficient (Wildman–Crippen LogP) is 4.98. The van der Waals surface area contributed by atoms with Gasteiger partial charge in [0, 0.05) is 15.4 Å².